The van der Waals surface area contributed by atoms with Crippen molar-refractivity contribution in [3.05, 3.63) is 58.4 Å². The molecule has 0 amide bonds. The van der Waals surface area contributed by atoms with Crippen LogP contribution in [-0.2, 0) is 0 Å². The summed E-state index contributed by atoms with van der Waals surface area (Å²) in [6.45, 7) is 15.8. The summed E-state index contributed by atoms with van der Waals surface area (Å²) in [5.41, 5.74) is 12.3. The van der Waals surface area contributed by atoms with Gasteiger partial charge in [0.15, 0.2) is 10.6 Å². The molecule has 0 aliphatic heterocycles. The fourth-order valence-corrected chi connectivity index (χ4v) is 2.90. The minimum atomic E-state index is 0.542. The van der Waals surface area contributed by atoms with Crippen molar-refractivity contribution < 1.29 is 0 Å². The Bertz CT molecular complexity index is 881. The summed E-state index contributed by atoms with van der Waals surface area (Å²) in [6, 6.07) is 4.10. The molecule has 2 aromatic rings. The first kappa shape index (κ1) is 17.0. The van der Waals surface area contributed by atoms with E-state index in [1.807, 2.05) is 44.4 Å². The molecule has 1 heterocycles. The third-order valence-corrected chi connectivity index (χ3v) is 4.06. The summed E-state index contributed by atoms with van der Waals surface area (Å²) in [4.78, 5) is 0. The highest BCUT2D eigenvalue weighted by Crippen LogP contribution is 2.29. The van der Waals surface area contributed by atoms with Crippen LogP contribution in [0.2, 0.25) is 0 Å². The number of nitrogens with zero attached hydrogens (tertiary/aromatic N) is 2. The van der Waals surface area contributed by atoms with Crippen LogP contribution in [0.1, 0.15) is 30.5 Å². The summed E-state index contributed by atoms with van der Waals surface area (Å²) in [5.74, 6) is 0.765. The van der Waals surface area contributed by atoms with Crippen LogP contribution in [0.3, 0.4) is 0 Å². The number of H-pyrrole nitrogens is 1. The van der Waals surface area contributed by atoms with Crippen molar-refractivity contribution in [2.75, 3.05) is 0 Å². The summed E-state index contributed by atoms with van der Waals surface area (Å²) in [6.07, 6.45) is 1.98. The Morgan fingerprint density at radius 2 is 1.96 bits per heavy atom. The molecule has 0 radical (unpaired) electrons. The summed E-state index contributed by atoms with van der Waals surface area (Å²) >= 11 is 5.41. The zero-order valence-electron chi connectivity index (χ0n) is 14.0. The van der Waals surface area contributed by atoms with Crippen molar-refractivity contribution >= 4 is 23.6 Å². The number of hydrogen-bond donors (Lipinski definition) is 2. The molecule has 4 nitrogen and oxygen atoms in total. The average molecular weight is 326 g/mol. The third-order valence-electron chi connectivity index (χ3n) is 3.78. The van der Waals surface area contributed by atoms with Crippen LogP contribution in [0, 0.1) is 18.6 Å². The second-order valence-electron chi connectivity index (χ2n) is 5.65. The van der Waals surface area contributed by atoms with Gasteiger partial charge in [-0.25, -0.2) is 0 Å². The molecule has 120 valence electrons. The van der Waals surface area contributed by atoms with Gasteiger partial charge in [-0.3, -0.25) is 9.67 Å². The van der Waals surface area contributed by atoms with Gasteiger partial charge in [-0.15, -0.1) is 0 Å². The van der Waals surface area contributed by atoms with Gasteiger partial charge >= 0.3 is 0 Å². The van der Waals surface area contributed by atoms with Crippen molar-refractivity contribution in [2.45, 2.75) is 27.7 Å². The number of aryl methyl sites for hydroxylation is 2. The van der Waals surface area contributed by atoms with E-state index in [4.69, 9.17) is 18.0 Å². The van der Waals surface area contributed by atoms with Crippen LogP contribution in [-0.4, -0.2) is 14.8 Å². The number of benzene rings is 1. The zero-order valence-corrected chi connectivity index (χ0v) is 14.8. The lowest BCUT2D eigenvalue weighted by Gasteiger charge is -2.15. The van der Waals surface area contributed by atoms with E-state index >= 15 is 0 Å². The third kappa shape index (κ3) is 3.05. The van der Waals surface area contributed by atoms with Gasteiger partial charge in [-0.1, -0.05) is 19.2 Å². The highest BCUT2D eigenvalue weighted by molar-refractivity contribution is 7.71. The van der Waals surface area contributed by atoms with Crippen molar-refractivity contribution in [3.63, 3.8) is 0 Å². The standard InChI is InChI=1S/C18H22N4S/c1-7-16(10(2)3)22-17(20-21-18(22)23)15-9-11(4)14(13(6)19)8-12(15)5/h7-9H,2,6,19H2,1,3-5H3,(H,21,23)/b16-7+. The van der Waals surface area contributed by atoms with Gasteiger partial charge in [-0.05, 0) is 74.3 Å². The predicted octanol–water partition coefficient (Wildman–Crippen LogP) is 4.59. The topological polar surface area (TPSA) is 59.6 Å². The summed E-state index contributed by atoms with van der Waals surface area (Å²) < 4.78 is 2.46. The number of rotatable bonds is 4. The van der Waals surface area contributed by atoms with Crippen molar-refractivity contribution in [3.8, 4) is 11.4 Å². The van der Waals surface area contributed by atoms with Gasteiger partial charge in [0.05, 0.1) is 0 Å². The number of hydrogen-bond acceptors (Lipinski definition) is 3. The molecule has 0 spiro atoms. The van der Waals surface area contributed by atoms with Crippen LogP contribution >= 0.6 is 12.2 Å². The van der Waals surface area contributed by atoms with Gasteiger partial charge in [0, 0.05) is 17.0 Å². The molecule has 0 fully saturated rings. The molecule has 23 heavy (non-hydrogen) atoms. The monoisotopic (exact) mass is 326 g/mol. The minimum absolute atomic E-state index is 0.542. The lowest BCUT2D eigenvalue weighted by Crippen LogP contribution is -2.04. The first-order valence-electron chi connectivity index (χ1n) is 7.34. The molecule has 0 aliphatic rings. The number of aromatic nitrogens is 3. The number of aromatic amines is 1. The molecular formula is C18H22N4S. The molecule has 0 atom stereocenters. The summed E-state index contributed by atoms with van der Waals surface area (Å²) in [7, 11) is 0. The van der Waals surface area contributed by atoms with Crippen LogP contribution in [0.5, 0.6) is 0 Å². The maximum atomic E-state index is 5.86. The molecule has 2 rings (SSSR count). The van der Waals surface area contributed by atoms with E-state index < -0.39 is 0 Å². The quantitative estimate of drug-likeness (QED) is 0.638. The van der Waals surface area contributed by atoms with E-state index in [1.165, 1.54) is 0 Å². The lowest BCUT2D eigenvalue weighted by molar-refractivity contribution is 1.05. The van der Waals surface area contributed by atoms with Crippen LogP contribution in [0.25, 0.3) is 22.8 Å². The largest absolute Gasteiger partial charge is 0.399 e. The van der Waals surface area contributed by atoms with E-state index in [1.54, 1.807) is 0 Å². The normalized spacial score (nSPS) is 11.6. The fraction of sp³-hybridized carbons (Fsp3) is 0.222. The minimum Gasteiger partial charge on any atom is -0.399 e. The number of allylic oxidation sites excluding steroid dienone is 3. The molecule has 0 unspecified atom stereocenters. The molecule has 0 aliphatic carbocycles. The van der Waals surface area contributed by atoms with Crippen LogP contribution in [0.4, 0.5) is 0 Å². The molecule has 1 aromatic carbocycles. The van der Waals surface area contributed by atoms with Gasteiger partial charge in [0.1, 0.15) is 0 Å². The smallest absolute Gasteiger partial charge is 0.200 e. The Hall–Kier alpha value is -2.40. The Labute approximate surface area is 142 Å². The maximum Gasteiger partial charge on any atom is 0.200 e. The van der Waals surface area contributed by atoms with Crippen molar-refractivity contribution in [1.82, 2.24) is 14.8 Å². The first-order valence-corrected chi connectivity index (χ1v) is 7.75. The molecule has 0 saturated carbocycles. The molecular weight excluding hydrogens is 304 g/mol. The maximum absolute atomic E-state index is 5.86. The Morgan fingerprint density at radius 1 is 1.30 bits per heavy atom. The van der Waals surface area contributed by atoms with Gasteiger partial charge in [0.25, 0.3) is 0 Å². The second kappa shape index (κ2) is 6.38. The number of nitrogens with two attached hydrogens (primary N) is 1. The molecule has 5 heteroatoms. The molecule has 3 N–H and O–H groups in total. The Kier molecular flexibility index (Phi) is 4.71. The highest BCUT2D eigenvalue weighted by Gasteiger charge is 2.16. The van der Waals surface area contributed by atoms with Gasteiger partial charge < -0.3 is 5.73 Å². The van der Waals surface area contributed by atoms with E-state index in [0.717, 1.165) is 39.3 Å². The molecule has 1 aromatic heterocycles. The van der Waals surface area contributed by atoms with Gasteiger partial charge in [-0.2, -0.15) is 5.10 Å². The van der Waals surface area contributed by atoms with Crippen molar-refractivity contribution in [2.24, 2.45) is 5.73 Å². The predicted molar refractivity (Wildman–Crippen MR) is 100 cm³/mol. The zero-order chi connectivity index (χ0) is 17.3. The first-order chi connectivity index (χ1) is 10.8. The lowest BCUT2D eigenvalue weighted by atomic mass is 9.98. The van der Waals surface area contributed by atoms with E-state index in [0.29, 0.717) is 10.5 Å². The average Bonchev–Trinajstić information content (AvgIpc) is 2.83. The van der Waals surface area contributed by atoms with Crippen LogP contribution < -0.4 is 5.73 Å². The van der Waals surface area contributed by atoms with Crippen LogP contribution in [0.15, 0.2) is 36.9 Å². The second-order valence-corrected chi connectivity index (χ2v) is 6.04. The molecule has 0 saturated heterocycles. The SMILES string of the molecule is C=C(C)/C(=C\C)n1c(-c2cc(C)c(C(=C)N)cc2C)n[nH]c1=S. The van der Waals surface area contributed by atoms with Crippen molar-refractivity contribution in [1.29, 1.82) is 0 Å². The number of nitrogens with one attached hydrogen (secondary N) is 1. The van der Waals surface area contributed by atoms with Gasteiger partial charge in [0.2, 0.25) is 0 Å². The molecule has 0 bridgehead atoms. The van der Waals surface area contributed by atoms with E-state index in [2.05, 4.69) is 29.4 Å². The Balaban J connectivity index is 2.75. The Morgan fingerprint density at radius 3 is 2.48 bits per heavy atom. The van der Waals surface area contributed by atoms with E-state index in [-0.39, 0.29) is 0 Å². The highest BCUT2D eigenvalue weighted by atomic mass is 32.1. The van der Waals surface area contributed by atoms with E-state index in [9.17, 15) is 0 Å². The fourth-order valence-electron chi connectivity index (χ4n) is 2.67. The summed E-state index contributed by atoms with van der Waals surface area (Å²) in [5, 5.41) is 7.30.